The number of hydrogen-bond acceptors (Lipinski definition) is 2. The molecule has 0 aliphatic heterocycles. The summed E-state index contributed by atoms with van der Waals surface area (Å²) in [6.07, 6.45) is 0.838. The standard InChI is InChI=1S/C10H10IN3/c1-8-12-13-10(14(8)11)7-9-5-3-2-4-6-9/h2-6H,7H2,1H3. The van der Waals surface area contributed by atoms with Crippen molar-refractivity contribution < 1.29 is 0 Å². The van der Waals surface area contributed by atoms with Crippen LogP contribution in [0.4, 0.5) is 0 Å². The number of benzene rings is 1. The fourth-order valence-corrected chi connectivity index (χ4v) is 1.64. The smallest absolute Gasteiger partial charge is 0.146 e. The Hall–Kier alpha value is -0.910. The second-order valence-corrected chi connectivity index (χ2v) is 4.07. The summed E-state index contributed by atoms with van der Waals surface area (Å²) in [5.41, 5.74) is 1.26. The SMILES string of the molecule is Cc1nnc(Cc2ccccc2)n1I. The van der Waals surface area contributed by atoms with Gasteiger partial charge in [0.05, 0.1) is 22.9 Å². The zero-order valence-corrected chi connectivity index (χ0v) is 9.97. The Bertz CT molecular complexity index is 422. The summed E-state index contributed by atoms with van der Waals surface area (Å²) in [7, 11) is 0. The van der Waals surface area contributed by atoms with Crippen molar-refractivity contribution in [1.82, 2.24) is 13.0 Å². The van der Waals surface area contributed by atoms with Crippen molar-refractivity contribution in [3.8, 4) is 0 Å². The molecule has 0 saturated heterocycles. The lowest BCUT2D eigenvalue weighted by molar-refractivity contribution is 0.966. The van der Waals surface area contributed by atoms with Gasteiger partial charge in [0.1, 0.15) is 11.6 Å². The van der Waals surface area contributed by atoms with Gasteiger partial charge in [0, 0.05) is 6.42 Å². The molecule has 0 unspecified atom stereocenters. The van der Waals surface area contributed by atoms with Crippen LogP contribution >= 0.6 is 22.9 Å². The average molecular weight is 299 g/mol. The van der Waals surface area contributed by atoms with Gasteiger partial charge < -0.3 is 0 Å². The van der Waals surface area contributed by atoms with E-state index in [1.807, 2.05) is 27.9 Å². The third-order valence-corrected chi connectivity index (χ3v) is 3.28. The number of halogens is 1. The molecule has 0 aliphatic carbocycles. The van der Waals surface area contributed by atoms with Crippen LogP contribution in [0.25, 0.3) is 0 Å². The Morgan fingerprint density at radius 1 is 1.21 bits per heavy atom. The van der Waals surface area contributed by atoms with Crippen LogP contribution in [0.2, 0.25) is 0 Å². The Morgan fingerprint density at radius 3 is 2.50 bits per heavy atom. The van der Waals surface area contributed by atoms with Gasteiger partial charge in [0.25, 0.3) is 0 Å². The molecule has 2 aromatic rings. The van der Waals surface area contributed by atoms with Crippen molar-refractivity contribution >= 4 is 22.9 Å². The van der Waals surface area contributed by atoms with E-state index in [0.717, 1.165) is 18.1 Å². The summed E-state index contributed by atoms with van der Waals surface area (Å²) in [4.78, 5) is 0. The second kappa shape index (κ2) is 4.08. The maximum absolute atomic E-state index is 4.12. The van der Waals surface area contributed by atoms with Crippen molar-refractivity contribution in [2.45, 2.75) is 13.3 Å². The summed E-state index contributed by atoms with van der Waals surface area (Å²) in [6.45, 7) is 1.95. The minimum atomic E-state index is 0.838. The lowest BCUT2D eigenvalue weighted by atomic mass is 10.1. The van der Waals surface area contributed by atoms with E-state index in [4.69, 9.17) is 0 Å². The molecule has 0 fully saturated rings. The Kier molecular flexibility index (Phi) is 2.81. The van der Waals surface area contributed by atoms with Crippen molar-refractivity contribution in [2.75, 3.05) is 0 Å². The first-order valence-corrected chi connectivity index (χ1v) is 5.35. The highest BCUT2D eigenvalue weighted by Crippen LogP contribution is 2.11. The third-order valence-electron chi connectivity index (χ3n) is 2.03. The van der Waals surface area contributed by atoms with Crippen molar-refractivity contribution in [2.24, 2.45) is 0 Å². The van der Waals surface area contributed by atoms with E-state index in [1.165, 1.54) is 5.56 Å². The molecule has 3 nitrogen and oxygen atoms in total. The highest BCUT2D eigenvalue weighted by atomic mass is 127. The summed E-state index contributed by atoms with van der Waals surface area (Å²) in [5.74, 6) is 1.94. The first-order valence-electron chi connectivity index (χ1n) is 4.38. The van der Waals surface area contributed by atoms with Gasteiger partial charge in [0.15, 0.2) is 0 Å². The number of rotatable bonds is 2. The second-order valence-electron chi connectivity index (χ2n) is 3.11. The summed E-state index contributed by atoms with van der Waals surface area (Å²) in [6, 6.07) is 10.3. The van der Waals surface area contributed by atoms with E-state index in [1.54, 1.807) is 0 Å². The van der Waals surface area contributed by atoms with E-state index in [2.05, 4.69) is 45.2 Å². The first-order chi connectivity index (χ1) is 6.77. The van der Waals surface area contributed by atoms with Gasteiger partial charge in [-0.2, -0.15) is 0 Å². The van der Waals surface area contributed by atoms with Crippen LogP contribution in [0, 0.1) is 6.92 Å². The fraction of sp³-hybridized carbons (Fsp3) is 0.200. The summed E-state index contributed by atoms with van der Waals surface area (Å²) >= 11 is 2.22. The molecule has 0 bridgehead atoms. The van der Waals surface area contributed by atoms with E-state index in [0.29, 0.717) is 0 Å². The number of nitrogens with zero attached hydrogens (tertiary/aromatic N) is 3. The quantitative estimate of drug-likeness (QED) is 0.797. The Labute approximate surface area is 96.7 Å². The van der Waals surface area contributed by atoms with Gasteiger partial charge in [-0.15, -0.1) is 10.2 Å². The molecule has 1 heterocycles. The molecule has 4 heteroatoms. The molecular weight excluding hydrogens is 289 g/mol. The zero-order chi connectivity index (χ0) is 9.97. The van der Waals surface area contributed by atoms with Gasteiger partial charge in [-0.3, -0.25) is 2.78 Å². The predicted molar refractivity (Wildman–Crippen MR) is 63.4 cm³/mol. The lowest BCUT2D eigenvalue weighted by Gasteiger charge is -1.99. The number of aromatic nitrogens is 3. The summed E-state index contributed by atoms with van der Waals surface area (Å²) in [5, 5.41) is 8.13. The molecular formula is C10H10IN3. The van der Waals surface area contributed by atoms with Crippen molar-refractivity contribution in [3.63, 3.8) is 0 Å². The maximum Gasteiger partial charge on any atom is 0.146 e. The van der Waals surface area contributed by atoms with E-state index in [-0.39, 0.29) is 0 Å². The van der Waals surface area contributed by atoms with Gasteiger partial charge in [-0.25, -0.2) is 0 Å². The predicted octanol–water partition coefficient (Wildman–Crippen LogP) is 2.38. The highest BCUT2D eigenvalue weighted by molar-refractivity contribution is 14.1. The maximum atomic E-state index is 4.12. The molecule has 0 amide bonds. The number of aryl methyl sites for hydroxylation is 1. The van der Waals surface area contributed by atoms with E-state index < -0.39 is 0 Å². The largest absolute Gasteiger partial charge is 0.254 e. The summed E-state index contributed by atoms with van der Waals surface area (Å²) < 4.78 is 1.99. The van der Waals surface area contributed by atoms with Crippen molar-refractivity contribution in [1.29, 1.82) is 0 Å². The third kappa shape index (κ3) is 1.95. The van der Waals surface area contributed by atoms with Crippen LogP contribution in [-0.4, -0.2) is 13.0 Å². The zero-order valence-electron chi connectivity index (χ0n) is 7.81. The molecule has 2 rings (SSSR count). The number of hydrogen-bond donors (Lipinski definition) is 0. The van der Waals surface area contributed by atoms with Crippen LogP contribution < -0.4 is 0 Å². The fourth-order valence-electron chi connectivity index (χ4n) is 1.28. The highest BCUT2D eigenvalue weighted by Gasteiger charge is 2.06. The van der Waals surface area contributed by atoms with Crippen LogP contribution in [0.3, 0.4) is 0 Å². The molecule has 0 N–H and O–H groups in total. The lowest BCUT2D eigenvalue weighted by Crippen LogP contribution is -1.95. The molecule has 0 atom stereocenters. The van der Waals surface area contributed by atoms with Crippen molar-refractivity contribution in [3.05, 3.63) is 47.5 Å². The van der Waals surface area contributed by atoms with Gasteiger partial charge in [0.2, 0.25) is 0 Å². The van der Waals surface area contributed by atoms with Gasteiger partial charge in [-0.1, -0.05) is 30.3 Å². The molecule has 0 saturated carbocycles. The molecule has 1 aromatic carbocycles. The molecule has 72 valence electrons. The Morgan fingerprint density at radius 2 is 1.93 bits per heavy atom. The molecule has 14 heavy (non-hydrogen) atoms. The first kappa shape index (κ1) is 9.64. The minimum Gasteiger partial charge on any atom is -0.254 e. The minimum absolute atomic E-state index is 0.838. The van der Waals surface area contributed by atoms with Gasteiger partial charge in [-0.05, 0) is 12.5 Å². The van der Waals surface area contributed by atoms with E-state index >= 15 is 0 Å². The molecule has 0 radical (unpaired) electrons. The molecule has 0 aliphatic rings. The normalized spacial score (nSPS) is 10.4. The van der Waals surface area contributed by atoms with Crippen LogP contribution in [0.5, 0.6) is 0 Å². The van der Waals surface area contributed by atoms with Crippen LogP contribution in [0.15, 0.2) is 30.3 Å². The monoisotopic (exact) mass is 299 g/mol. The Balaban J connectivity index is 2.23. The average Bonchev–Trinajstić information content (AvgIpc) is 2.52. The van der Waals surface area contributed by atoms with Gasteiger partial charge >= 0.3 is 0 Å². The molecule has 1 aromatic heterocycles. The topological polar surface area (TPSA) is 30.7 Å². The van der Waals surface area contributed by atoms with Crippen LogP contribution in [0.1, 0.15) is 17.2 Å². The van der Waals surface area contributed by atoms with Crippen LogP contribution in [-0.2, 0) is 6.42 Å². The van der Waals surface area contributed by atoms with E-state index in [9.17, 15) is 0 Å². The molecule has 0 spiro atoms.